The van der Waals surface area contributed by atoms with E-state index in [1.54, 1.807) is 12.1 Å². The molecule has 2 heterocycles. The van der Waals surface area contributed by atoms with Gasteiger partial charge in [0.15, 0.2) is 0 Å². The number of benzene rings is 1. The summed E-state index contributed by atoms with van der Waals surface area (Å²) in [5.74, 6) is 5.12. The Bertz CT molecular complexity index is 1200. The van der Waals surface area contributed by atoms with Gasteiger partial charge in [-0.15, -0.1) is 0 Å². The van der Waals surface area contributed by atoms with Crippen molar-refractivity contribution in [1.82, 2.24) is 10.6 Å². The number of fused-ring (bicyclic) bond motifs is 7. The van der Waals surface area contributed by atoms with Crippen LogP contribution in [0.25, 0.3) is 0 Å². The van der Waals surface area contributed by atoms with Crippen LogP contribution in [0.3, 0.4) is 0 Å². The molecule has 6 fully saturated rings. The Hall–Kier alpha value is -1.15. The van der Waals surface area contributed by atoms with Gasteiger partial charge in [-0.25, -0.2) is 0 Å². The third-order valence-electron chi connectivity index (χ3n) is 14.6. The van der Waals surface area contributed by atoms with Crippen molar-refractivity contribution >= 4 is 0 Å². The number of piperidine rings is 1. The van der Waals surface area contributed by atoms with Gasteiger partial charge in [-0.3, -0.25) is 5.32 Å². The molecule has 4 N–H and O–H groups in total. The third kappa shape index (κ3) is 5.09. The molecule has 7 heteroatoms. The van der Waals surface area contributed by atoms with Crippen LogP contribution in [0, 0.1) is 52.3 Å². The Kier molecular flexibility index (Phi) is 8.03. The maximum Gasteiger partial charge on any atom is 0.416 e. The summed E-state index contributed by atoms with van der Waals surface area (Å²) in [6, 6.07) is 5.93. The second-order valence-electron chi connectivity index (χ2n) is 16.8. The summed E-state index contributed by atoms with van der Waals surface area (Å²) < 4.78 is 47.5. The summed E-state index contributed by atoms with van der Waals surface area (Å²) in [6.07, 6.45) is 8.92. The average molecular weight is 616 g/mol. The molecule has 2 aliphatic heterocycles. The number of hydrogen-bond acceptors (Lipinski definition) is 4. The van der Waals surface area contributed by atoms with Crippen LogP contribution in [0.15, 0.2) is 24.3 Å². The molecule has 4 saturated carbocycles. The molecule has 2 saturated heterocycles. The highest BCUT2D eigenvalue weighted by molar-refractivity contribution is 5.30. The number of ether oxygens (including phenoxy) is 1. The first-order valence-electron chi connectivity index (χ1n) is 17.9. The highest BCUT2D eigenvalue weighted by Gasteiger charge is 2.68. The number of alkyl halides is 3. The fourth-order valence-electron chi connectivity index (χ4n) is 12.3. The second kappa shape index (κ2) is 11.2. The summed E-state index contributed by atoms with van der Waals surface area (Å²) in [6.45, 7) is 11.8. The van der Waals surface area contributed by atoms with Crippen molar-refractivity contribution in [3.63, 3.8) is 0 Å². The molecule has 4 nitrogen and oxygen atoms in total. The molecule has 7 rings (SSSR count). The first kappa shape index (κ1) is 31.4. The maximum atomic E-state index is 13.5. The van der Waals surface area contributed by atoms with Crippen molar-refractivity contribution in [2.75, 3.05) is 13.1 Å². The van der Waals surface area contributed by atoms with E-state index in [4.69, 9.17) is 10.5 Å². The van der Waals surface area contributed by atoms with Crippen molar-refractivity contribution in [3.8, 4) is 0 Å². The van der Waals surface area contributed by atoms with Gasteiger partial charge in [0, 0.05) is 31.1 Å². The molecule has 0 amide bonds. The predicted octanol–water partition coefficient (Wildman–Crippen LogP) is 7.55. The van der Waals surface area contributed by atoms with E-state index in [9.17, 15) is 13.2 Å². The highest BCUT2D eigenvalue weighted by Crippen LogP contribution is 2.71. The summed E-state index contributed by atoms with van der Waals surface area (Å²) in [7, 11) is 0. The van der Waals surface area contributed by atoms with E-state index in [-0.39, 0.29) is 18.2 Å². The summed E-state index contributed by atoms with van der Waals surface area (Å²) in [5.41, 5.74) is 6.83. The minimum atomic E-state index is -4.34. The molecule has 1 spiro atoms. The first-order valence-corrected chi connectivity index (χ1v) is 17.9. The lowest BCUT2D eigenvalue weighted by atomic mass is 9.44. The lowest BCUT2D eigenvalue weighted by Gasteiger charge is -2.61. The van der Waals surface area contributed by atoms with E-state index in [1.165, 1.54) is 57.4 Å². The van der Waals surface area contributed by atoms with Crippen molar-refractivity contribution < 1.29 is 17.9 Å². The van der Waals surface area contributed by atoms with Crippen molar-refractivity contribution in [2.24, 2.45) is 58.0 Å². The minimum Gasteiger partial charge on any atom is -0.357 e. The summed E-state index contributed by atoms with van der Waals surface area (Å²) in [5, 5.41) is 7.59. The second-order valence-corrected chi connectivity index (χ2v) is 16.8. The molecule has 6 aliphatic rings. The Morgan fingerprint density at radius 3 is 2.50 bits per heavy atom. The predicted molar refractivity (Wildman–Crippen MR) is 169 cm³/mol. The Morgan fingerprint density at radius 1 is 0.977 bits per heavy atom. The van der Waals surface area contributed by atoms with E-state index >= 15 is 0 Å². The van der Waals surface area contributed by atoms with E-state index in [0.29, 0.717) is 52.8 Å². The lowest BCUT2D eigenvalue weighted by Crippen LogP contribution is -2.58. The number of halogens is 3. The molecule has 1 aromatic rings. The Morgan fingerprint density at radius 2 is 1.75 bits per heavy atom. The van der Waals surface area contributed by atoms with Crippen LogP contribution in [0.1, 0.15) is 103 Å². The summed E-state index contributed by atoms with van der Waals surface area (Å²) >= 11 is 0. The number of nitrogens with one attached hydrogen (secondary N) is 2. The molecule has 13 atom stereocenters. The van der Waals surface area contributed by atoms with Crippen LogP contribution < -0.4 is 16.4 Å². The smallest absolute Gasteiger partial charge is 0.357 e. The standard InChI is InChI=1S/C37H56F3N3O/c1-22-11-16-36(43-20-22)23(2)33-32(44-36)19-31-28-10-9-25-18-27(12-14-34(25,3)30(28)13-15-35(31,33)4)42-21-26(41)17-24-7-5-6-8-29(24)37(38,39)40/h5-8,22-23,25-28,30-33,42-43H,9-21,41H2,1-4H3/t22-,23-,25-,26-,27?,28+,30-,31-,32-,33-,34-,35-,36-/m0/s1. The molecule has 44 heavy (non-hydrogen) atoms. The van der Waals surface area contributed by atoms with Gasteiger partial charge in [0.05, 0.1) is 11.7 Å². The van der Waals surface area contributed by atoms with Gasteiger partial charge in [0.25, 0.3) is 0 Å². The minimum absolute atomic E-state index is 0.0913. The van der Waals surface area contributed by atoms with Gasteiger partial charge >= 0.3 is 6.18 Å². The van der Waals surface area contributed by atoms with E-state index in [2.05, 4.69) is 38.3 Å². The topological polar surface area (TPSA) is 59.3 Å². The SMILES string of the molecule is C[C@H]1CC[C@]2(NC1)O[C@H]1C[C@H]3[C@@H]4CC[C@H]5CC(NC[C@@H](N)Cc6ccccc6C(F)(F)F)CC[C@]5(C)[C@H]4CC[C@]3(C)[C@H]1[C@@H]2C. The first-order chi connectivity index (χ1) is 20.8. The normalized spacial score (nSPS) is 47.5. The van der Waals surface area contributed by atoms with Gasteiger partial charge in [-0.2, -0.15) is 13.2 Å². The molecule has 4 aliphatic carbocycles. The molecule has 246 valence electrons. The van der Waals surface area contributed by atoms with Crippen LogP contribution in [0.4, 0.5) is 13.2 Å². The van der Waals surface area contributed by atoms with Crippen molar-refractivity contribution in [3.05, 3.63) is 35.4 Å². The van der Waals surface area contributed by atoms with Crippen molar-refractivity contribution in [2.45, 2.75) is 128 Å². The molecular formula is C37H56F3N3O. The van der Waals surface area contributed by atoms with Gasteiger partial charge in [0.2, 0.25) is 0 Å². The van der Waals surface area contributed by atoms with E-state index in [0.717, 1.165) is 49.1 Å². The zero-order valence-electron chi connectivity index (χ0n) is 27.4. The summed E-state index contributed by atoms with van der Waals surface area (Å²) in [4.78, 5) is 0. The zero-order valence-corrected chi connectivity index (χ0v) is 27.4. The van der Waals surface area contributed by atoms with Crippen LogP contribution >= 0.6 is 0 Å². The fraction of sp³-hybridized carbons (Fsp3) is 0.838. The number of rotatable bonds is 5. The van der Waals surface area contributed by atoms with E-state index < -0.39 is 11.7 Å². The molecule has 0 aromatic heterocycles. The molecule has 1 aromatic carbocycles. The van der Waals surface area contributed by atoms with Gasteiger partial charge in [-0.1, -0.05) is 45.9 Å². The molecule has 0 bridgehead atoms. The van der Waals surface area contributed by atoms with Gasteiger partial charge < -0.3 is 15.8 Å². The van der Waals surface area contributed by atoms with E-state index in [1.807, 2.05) is 0 Å². The quantitative estimate of drug-likeness (QED) is 0.320. The average Bonchev–Trinajstić information content (AvgIpc) is 3.42. The van der Waals surface area contributed by atoms with Crippen molar-refractivity contribution in [1.29, 1.82) is 0 Å². The zero-order chi connectivity index (χ0) is 31.1. The fourth-order valence-corrected chi connectivity index (χ4v) is 12.3. The van der Waals surface area contributed by atoms with Crippen LogP contribution in [-0.4, -0.2) is 37.0 Å². The van der Waals surface area contributed by atoms with Crippen LogP contribution in [-0.2, 0) is 17.3 Å². The number of nitrogens with two attached hydrogens (primary N) is 1. The Labute approximate surface area is 263 Å². The number of hydrogen-bond donors (Lipinski definition) is 3. The monoisotopic (exact) mass is 615 g/mol. The van der Waals surface area contributed by atoms with Gasteiger partial charge in [0.1, 0.15) is 5.72 Å². The third-order valence-corrected chi connectivity index (χ3v) is 14.6. The molecular weight excluding hydrogens is 559 g/mol. The van der Waals surface area contributed by atoms with Crippen LogP contribution in [0.2, 0.25) is 0 Å². The van der Waals surface area contributed by atoms with Gasteiger partial charge in [-0.05, 0) is 129 Å². The maximum absolute atomic E-state index is 13.5. The lowest BCUT2D eigenvalue weighted by molar-refractivity contribution is -0.138. The largest absolute Gasteiger partial charge is 0.416 e. The molecule has 0 radical (unpaired) electrons. The van der Waals surface area contributed by atoms with Crippen LogP contribution in [0.5, 0.6) is 0 Å². The highest BCUT2D eigenvalue weighted by atomic mass is 19.4. The molecule has 1 unspecified atom stereocenters. The Balaban J connectivity index is 0.969.